The first-order chi connectivity index (χ1) is 8.93. The van der Waals surface area contributed by atoms with E-state index in [1.807, 2.05) is 0 Å². The third-order valence-electron chi connectivity index (χ3n) is 1.97. The minimum Gasteiger partial charge on any atom is -0.475 e. The maximum atomic E-state index is 12.1. The molecule has 1 heterocycles. The highest BCUT2D eigenvalue weighted by Gasteiger charge is 2.40. The van der Waals surface area contributed by atoms with Gasteiger partial charge in [0.05, 0.1) is 0 Å². The molecule has 0 aromatic carbocycles. The average Bonchev–Trinajstić information content (AvgIpc) is 2.36. The molecule has 1 atom stereocenters. The first-order valence-electron chi connectivity index (χ1n) is 5.18. The summed E-state index contributed by atoms with van der Waals surface area (Å²) in [6, 6.07) is 3.75. The Kier molecular flexibility index (Phi) is 5.11. The number of rotatable bonds is 5. The van der Waals surface area contributed by atoms with E-state index in [1.165, 1.54) is 12.3 Å². The van der Waals surface area contributed by atoms with Crippen molar-refractivity contribution in [3.8, 4) is 5.88 Å². The fourth-order valence-electron chi connectivity index (χ4n) is 1.14. The van der Waals surface area contributed by atoms with Gasteiger partial charge >= 0.3 is 12.1 Å². The number of carbonyl (C=O) groups excluding carboxylic acids is 1. The quantitative estimate of drug-likeness (QED) is 0.826. The van der Waals surface area contributed by atoms with E-state index in [0.717, 1.165) is 0 Å². The van der Waals surface area contributed by atoms with E-state index in [1.54, 1.807) is 17.4 Å². The number of amides is 1. The van der Waals surface area contributed by atoms with E-state index >= 15 is 0 Å². The molecule has 0 aliphatic carbocycles. The van der Waals surface area contributed by atoms with Crippen molar-refractivity contribution in [1.29, 1.82) is 0 Å². The van der Waals surface area contributed by atoms with E-state index in [-0.39, 0.29) is 19.0 Å². The van der Waals surface area contributed by atoms with Gasteiger partial charge in [-0.3, -0.25) is 4.79 Å². The first-order valence-corrected chi connectivity index (χ1v) is 5.18. The lowest BCUT2D eigenvalue weighted by Crippen LogP contribution is -2.47. The van der Waals surface area contributed by atoms with E-state index in [4.69, 9.17) is 11.3 Å². The lowest BCUT2D eigenvalue weighted by atomic mass is 10.3. The molecule has 5 nitrogen and oxygen atoms in total. The summed E-state index contributed by atoms with van der Waals surface area (Å²) in [4.78, 5) is 17.5. The van der Waals surface area contributed by atoms with Crippen molar-refractivity contribution in [2.24, 2.45) is 0 Å². The minimum absolute atomic E-state index is 0.207. The molecule has 1 aromatic heterocycles. The molecule has 8 heteroatoms. The van der Waals surface area contributed by atoms with Crippen molar-refractivity contribution in [1.82, 2.24) is 10.3 Å². The van der Waals surface area contributed by atoms with Crippen LogP contribution in [0.15, 0.2) is 24.4 Å². The molecule has 0 unspecified atom stereocenters. The lowest BCUT2D eigenvalue weighted by molar-refractivity contribution is -0.174. The van der Waals surface area contributed by atoms with Gasteiger partial charge in [-0.2, -0.15) is 13.2 Å². The Hall–Kier alpha value is -2.30. The number of hydrogen-bond acceptors (Lipinski definition) is 3. The van der Waals surface area contributed by atoms with Crippen LogP contribution in [0.25, 0.3) is 4.85 Å². The Morgan fingerprint density at radius 3 is 2.79 bits per heavy atom. The number of alkyl halides is 3. The van der Waals surface area contributed by atoms with Crippen molar-refractivity contribution in [3.05, 3.63) is 35.8 Å². The van der Waals surface area contributed by atoms with Crippen LogP contribution < -0.4 is 10.1 Å². The number of carbonyl (C=O) groups is 1. The van der Waals surface area contributed by atoms with Crippen LogP contribution in [0.4, 0.5) is 13.2 Å². The monoisotopic (exact) mass is 273 g/mol. The first kappa shape index (κ1) is 14.8. The highest BCUT2D eigenvalue weighted by atomic mass is 19.4. The van der Waals surface area contributed by atoms with Crippen molar-refractivity contribution < 1.29 is 22.7 Å². The zero-order valence-electron chi connectivity index (χ0n) is 9.65. The Morgan fingerprint density at radius 2 is 2.26 bits per heavy atom. The summed E-state index contributed by atoms with van der Waals surface area (Å²) < 4.78 is 41.3. The van der Waals surface area contributed by atoms with Crippen LogP contribution in [-0.4, -0.2) is 36.3 Å². The zero-order chi connectivity index (χ0) is 14.3. The van der Waals surface area contributed by atoms with Gasteiger partial charge in [0, 0.05) is 12.3 Å². The molecule has 19 heavy (non-hydrogen) atoms. The summed E-state index contributed by atoms with van der Waals surface area (Å²) in [7, 11) is 0. The largest absolute Gasteiger partial charge is 0.475 e. The predicted molar refractivity (Wildman–Crippen MR) is 59.2 cm³/mol. The van der Waals surface area contributed by atoms with Crippen LogP contribution in [0.1, 0.15) is 0 Å². The summed E-state index contributed by atoms with van der Waals surface area (Å²) in [5, 5.41) is 1.70. The van der Waals surface area contributed by atoms with Crippen LogP contribution in [0.2, 0.25) is 0 Å². The molecule has 0 aliphatic rings. The van der Waals surface area contributed by atoms with Gasteiger partial charge in [-0.05, 0) is 6.07 Å². The maximum Gasteiger partial charge on any atom is 0.471 e. The minimum atomic E-state index is -4.98. The molecule has 0 bridgehead atoms. The highest BCUT2D eigenvalue weighted by molar-refractivity contribution is 5.82. The van der Waals surface area contributed by atoms with Gasteiger partial charge in [-0.25, -0.2) is 11.6 Å². The normalized spacial score (nSPS) is 12.3. The standard InChI is InChI=1S/C11H10F3N3O2/c1-15-6-8(17-10(18)11(12,13)14)7-19-9-4-2-3-5-16-9/h2-5,8H,6-7H2,(H,17,18)/t8-/m1/s1. The summed E-state index contributed by atoms with van der Waals surface area (Å²) in [6.45, 7) is 6.06. The molecular formula is C11H10F3N3O2. The van der Waals surface area contributed by atoms with Crippen molar-refractivity contribution in [2.75, 3.05) is 13.2 Å². The Bertz CT molecular complexity index is 456. The van der Waals surface area contributed by atoms with Crippen LogP contribution in [-0.2, 0) is 4.79 Å². The molecule has 1 rings (SSSR count). The molecular weight excluding hydrogens is 263 g/mol. The van der Waals surface area contributed by atoms with Gasteiger partial charge < -0.3 is 14.9 Å². The smallest absolute Gasteiger partial charge is 0.471 e. The average molecular weight is 273 g/mol. The highest BCUT2D eigenvalue weighted by Crippen LogP contribution is 2.14. The third-order valence-corrected chi connectivity index (χ3v) is 1.97. The van der Waals surface area contributed by atoms with Gasteiger partial charge in [-0.1, -0.05) is 6.07 Å². The summed E-state index contributed by atoms with van der Waals surface area (Å²) in [5.41, 5.74) is 0. The molecule has 102 valence electrons. The molecule has 1 amide bonds. The number of pyridine rings is 1. The molecule has 0 saturated carbocycles. The summed E-state index contributed by atoms with van der Waals surface area (Å²) in [5.74, 6) is -1.88. The number of nitrogens with one attached hydrogen (secondary N) is 1. The van der Waals surface area contributed by atoms with Crippen LogP contribution in [0.3, 0.4) is 0 Å². The van der Waals surface area contributed by atoms with Crippen molar-refractivity contribution in [3.63, 3.8) is 0 Å². The van der Waals surface area contributed by atoms with E-state index in [2.05, 4.69) is 9.83 Å². The van der Waals surface area contributed by atoms with Crippen molar-refractivity contribution in [2.45, 2.75) is 12.2 Å². The van der Waals surface area contributed by atoms with Crippen LogP contribution in [0.5, 0.6) is 5.88 Å². The second-order valence-electron chi connectivity index (χ2n) is 3.49. The number of aromatic nitrogens is 1. The fraction of sp³-hybridized carbons (Fsp3) is 0.364. The van der Waals surface area contributed by atoms with E-state index in [9.17, 15) is 18.0 Å². The topological polar surface area (TPSA) is 55.6 Å². The molecule has 0 fully saturated rings. The number of ether oxygens (including phenoxy) is 1. The maximum absolute atomic E-state index is 12.1. The molecule has 0 aliphatic heterocycles. The third kappa shape index (κ3) is 5.25. The number of hydrogen-bond donors (Lipinski definition) is 1. The summed E-state index contributed by atoms with van der Waals surface area (Å²) >= 11 is 0. The fourth-order valence-corrected chi connectivity index (χ4v) is 1.14. The Balaban J connectivity index is 2.54. The number of nitrogens with zero attached hydrogens (tertiary/aromatic N) is 2. The van der Waals surface area contributed by atoms with Gasteiger partial charge in [0.1, 0.15) is 12.6 Å². The lowest BCUT2D eigenvalue weighted by Gasteiger charge is -2.15. The van der Waals surface area contributed by atoms with Crippen molar-refractivity contribution >= 4 is 5.91 Å². The van der Waals surface area contributed by atoms with Crippen LogP contribution >= 0.6 is 0 Å². The van der Waals surface area contributed by atoms with Gasteiger partial charge in [-0.15, -0.1) is 0 Å². The second kappa shape index (κ2) is 6.58. The second-order valence-corrected chi connectivity index (χ2v) is 3.49. The molecule has 0 saturated heterocycles. The molecule has 0 radical (unpaired) electrons. The summed E-state index contributed by atoms with van der Waals surface area (Å²) in [6.07, 6.45) is -3.53. The van der Waals surface area contributed by atoms with Gasteiger partial charge in [0.2, 0.25) is 12.4 Å². The predicted octanol–water partition coefficient (Wildman–Crippen LogP) is 1.43. The van der Waals surface area contributed by atoms with Crippen LogP contribution in [0, 0.1) is 6.57 Å². The SMILES string of the molecule is [C-]#[N+]C[C@H](COc1ccccn1)NC(=O)C(F)(F)F. The van der Waals surface area contributed by atoms with E-state index < -0.39 is 18.1 Å². The molecule has 0 spiro atoms. The zero-order valence-corrected chi connectivity index (χ0v) is 9.65. The van der Waals surface area contributed by atoms with Gasteiger partial charge in [0.15, 0.2) is 0 Å². The number of halogens is 3. The molecule has 1 N–H and O–H groups in total. The Labute approximate surface area is 107 Å². The van der Waals surface area contributed by atoms with Gasteiger partial charge in [0.25, 0.3) is 0 Å². The Morgan fingerprint density at radius 1 is 1.53 bits per heavy atom. The molecule has 1 aromatic rings. The van der Waals surface area contributed by atoms with E-state index in [0.29, 0.717) is 0 Å².